The van der Waals surface area contributed by atoms with Crippen LogP contribution in [0.4, 0.5) is 0 Å². The third kappa shape index (κ3) is 2.68. The van der Waals surface area contributed by atoms with Crippen LogP contribution in [-0.4, -0.2) is 23.2 Å². The monoisotopic (exact) mass is 288 g/mol. The topological polar surface area (TPSA) is 96.9 Å². The van der Waals surface area contributed by atoms with Gasteiger partial charge in [0.25, 0.3) is 10.0 Å². The lowest BCUT2D eigenvalue weighted by Gasteiger charge is -2.03. The van der Waals surface area contributed by atoms with E-state index < -0.39 is 10.0 Å². The Morgan fingerprint density at radius 1 is 1.56 bits per heavy atom. The fraction of sp³-hybridized carbons (Fsp3) is 0.333. The highest BCUT2D eigenvalue weighted by Crippen LogP contribution is 2.15. The molecule has 0 fully saturated rings. The van der Waals surface area contributed by atoms with Crippen molar-refractivity contribution in [2.45, 2.75) is 17.7 Å². The average molecular weight is 288 g/mol. The van der Waals surface area contributed by atoms with Gasteiger partial charge in [0.1, 0.15) is 0 Å². The Bertz CT molecular complexity index is 710. The second-order valence-electron chi connectivity index (χ2n) is 3.73. The number of thiazole rings is 1. The van der Waals surface area contributed by atoms with Gasteiger partial charge < -0.3 is 4.98 Å². The molecule has 18 heavy (non-hydrogen) atoms. The minimum absolute atomic E-state index is 0.0171. The van der Waals surface area contributed by atoms with Gasteiger partial charge in [0.15, 0.2) is 4.21 Å². The number of rotatable bonds is 4. The van der Waals surface area contributed by atoms with Gasteiger partial charge in [-0.25, -0.2) is 13.1 Å². The number of aryl methyl sites for hydroxylation is 2. The molecule has 0 radical (unpaired) electrons. The summed E-state index contributed by atoms with van der Waals surface area (Å²) >= 11 is 0.674. The molecule has 2 aromatic rings. The lowest BCUT2D eigenvalue weighted by molar-refractivity contribution is 0.581. The van der Waals surface area contributed by atoms with Crippen molar-refractivity contribution in [2.24, 2.45) is 7.05 Å². The Morgan fingerprint density at radius 3 is 2.78 bits per heavy atom. The van der Waals surface area contributed by atoms with Crippen LogP contribution in [0.1, 0.15) is 11.4 Å². The molecule has 2 heterocycles. The van der Waals surface area contributed by atoms with Crippen LogP contribution in [-0.2, 0) is 23.6 Å². The molecule has 2 N–H and O–H groups in total. The zero-order valence-electron chi connectivity index (χ0n) is 9.80. The second kappa shape index (κ2) is 4.67. The standard InChI is InChI=1S/C9H12N4O3S2/c1-6-8(17-9(14)11-6)18(15,16)10-5-7-3-4-13(2)12-7/h3-4,10H,5H2,1-2H3,(H,11,14). The molecule has 0 saturated carbocycles. The number of H-pyrrole nitrogens is 1. The van der Waals surface area contributed by atoms with E-state index in [1.165, 1.54) is 0 Å². The maximum atomic E-state index is 12.0. The molecule has 0 aliphatic heterocycles. The lowest BCUT2D eigenvalue weighted by atomic mass is 10.4. The molecule has 0 amide bonds. The number of nitrogens with zero attached hydrogens (tertiary/aromatic N) is 2. The van der Waals surface area contributed by atoms with E-state index in [2.05, 4.69) is 14.8 Å². The molecular formula is C9H12N4O3S2. The van der Waals surface area contributed by atoms with E-state index in [9.17, 15) is 13.2 Å². The molecule has 2 aromatic heterocycles. The van der Waals surface area contributed by atoms with E-state index in [0.717, 1.165) is 0 Å². The van der Waals surface area contributed by atoms with Crippen LogP contribution in [0.3, 0.4) is 0 Å². The van der Waals surface area contributed by atoms with Gasteiger partial charge in [-0.15, -0.1) is 0 Å². The first kappa shape index (κ1) is 13.0. The van der Waals surface area contributed by atoms with E-state index in [4.69, 9.17) is 0 Å². The first-order valence-corrected chi connectivity index (χ1v) is 7.36. The van der Waals surface area contributed by atoms with Crippen molar-refractivity contribution in [3.05, 3.63) is 33.3 Å². The number of hydrogen-bond donors (Lipinski definition) is 2. The van der Waals surface area contributed by atoms with Gasteiger partial charge in [0.2, 0.25) is 0 Å². The molecule has 2 rings (SSSR count). The summed E-state index contributed by atoms with van der Waals surface area (Å²) in [6, 6.07) is 1.72. The van der Waals surface area contributed by atoms with Crippen molar-refractivity contribution in [1.82, 2.24) is 19.5 Å². The highest BCUT2D eigenvalue weighted by atomic mass is 32.2. The quantitative estimate of drug-likeness (QED) is 0.824. The summed E-state index contributed by atoms with van der Waals surface area (Å²) in [6.45, 7) is 1.64. The van der Waals surface area contributed by atoms with Crippen molar-refractivity contribution >= 4 is 21.4 Å². The van der Waals surface area contributed by atoms with Crippen molar-refractivity contribution in [3.63, 3.8) is 0 Å². The van der Waals surface area contributed by atoms with Crippen molar-refractivity contribution in [1.29, 1.82) is 0 Å². The Balaban J connectivity index is 2.18. The molecule has 7 nitrogen and oxygen atoms in total. The zero-order chi connectivity index (χ0) is 13.3. The maximum absolute atomic E-state index is 12.0. The minimum Gasteiger partial charge on any atom is -0.315 e. The first-order chi connectivity index (χ1) is 8.38. The van der Waals surface area contributed by atoms with Gasteiger partial charge in [0, 0.05) is 18.9 Å². The number of sulfonamides is 1. The Morgan fingerprint density at radius 2 is 2.28 bits per heavy atom. The predicted molar refractivity (Wildman–Crippen MR) is 66.9 cm³/mol. The van der Waals surface area contributed by atoms with Gasteiger partial charge in [0.05, 0.1) is 12.2 Å². The molecule has 0 aliphatic rings. The van der Waals surface area contributed by atoms with Crippen LogP contribution in [0.25, 0.3) is 0 Å². The summed E-state index contributed by atoms with van der Waals surface area (Å²) in [5.74, 6) is 0. The number of aromatic nitrogens is 3. The molecule has 0 unspecified atom stereocenters. The summed E-state index contributed by atoms with van der Waals surface area (Å²) in [6.07, 6.45) is 1.73. The highest BCUT2D eigenvalue weighted by Gasteiger charge is 2.20. The molecule has 0 aliphatic carbocycles. The van der Waals surface area contributed by atoms with Gasteiger partial charge in [-0.1, -0.05) is 11.3 Å². The third-order valence-corrected chi connectivity index (χ3v) is 5.24. The van der Waals surface area contributed by atoms with Crippen LogP contribution in [0.2, 0.25) is 0 Å². The summed E-state index contributed by atoms with van der Waals surface area (Å²) in [5, 5.41) is 4.06. The summed E-state index contributed by atoms with van der Waals surface area (Å²) in [4.78, 5) is 13.1. The Kier molecular flexibility index (Phi) is 3.37. The Labute approximate surface area is 108 Å². The third-order valence-electron chi connectivity index (χ3n) is 2.24. The fourth-order valence-electron chi connectivity index (χ4n) is 1.44. The summed E-state index contributed by atoms with van der Waals surface area (Å²) < 4.78 is 27.9. The smallest absolute Gasteiger partial charge is 0.305 e. The van der Waals surface area contributed by atoms with Crippen LogP contribution >= 0.6 is 11.3 Å². The number of aromatic amines is 1. The molecule has 98 valence electrons. The van der Waals surface area contributed by atoms with E-state index in [1.807, 2.05) is 0 Å². The van der Waals surface area contributed by atoms with E-state index in [1.54, 1.807) is 30.9 Å². The van der Waals surface area contributed by atoms with Crippen molar-refractivity contribution in [2.75, 3.05) is 0 Å². The molecule has 9 heteroatoms. The van der Waals surface area contributed by atoms with Crippen LogP contribution in [0, 0.1) is 6.92 Å². The zero-order valence-corrected chi connectivity index (χ0v) is 11.4. The SMILES string of the molecule is Cc1[nH]c(=O)sc1S(=O)(=O)NCc1ccn(C)n1. The van der Waals surface area contributed by atoms with Gasteiger partial charge >= 0.3 is 4.87 Å². The first-order valence-electron chi connectivity index (χ1n) is 5.06. The van der Waals surface area contributed by atoms with Gasteiger partial charge in [-0.05, 0) is 13.0 Å². The highest BCUT2D eigenvalue weighted by molar-refractivity contribution is 7.91. The molecule has 0 saturated heterocycles. The normalized spacial score (nSPS) is 11.9. The number of nitrogens with one attached hydrogen (secondary N) is 2. The van der Waals surface area contributed by atoms with Crippen LogP contribution in [0.15, 0.2) is 21.3 Å². The maximum Gasteiger partial charge on any atom is 0.305 e. The number of hydrogen-bond acceptors (Lipinski definition) is 5. The van der Waals surface area contributed by atoms with E-state index in [0.29, 0.717) is 22.7 Å². The van der Waals surface area contributed by atoms with E-state index in [-0.39, 0.29) is 15.6 Å². The van der Waals surface area contributed by atoms with Crippen LogP contribution < -0.4 is 9.60 Å². The molecule has 0 aromatic carbocycles. The second-order valence-corrected chi connectivity index (χ2v) is 6.68. The minimum atomic E-state index is -3.67. The largest absolute Gasteiger partial charge is 0.315 e. The average Bonchev–Trinajstić information content (AvgIpc) is 2.82. The fourth-order valence-corrected chi connectivity index (χ4v) is 3.78. The van der Waals surface area contributed by atoms with E-state index >= 15 is 0 Å². The van der Waals surface area contributed by atoms with Crippen molar-refractivity contribution < 1.29 is 8.42 Å². The summed E-state index contributed by atoms with van der Waals surface area (Å²) in [5.41, 5.74) is 0.958. The molecule has 0 atom stereocenters. The molecule has 0 spiro atoms. The van der Waals surface area contributed by atoms with Crippen molar-refractivity contribution in [3.8, 4) is 0 Å². The lowest BCUT2D eigenvalue weighted by Crippen LogP contribution is -2.23. The predicted octanol–water partition coefficient (Wildman–Crippen LogP) is -0.0432. The Hall–Kier alpha value is -1.45. The molecular weight excluding hydrogens is 276 g/mol. The van der Waals surface area contributed by atoms with Gasteiger partial charge in [-0.2, -0.15) is 5.10 Å². The molecule has 0 bridgehead atoms. The van der Waals surface area contributed by atoms with Gasteiger partial charge in [-0.3, -0.25) is 9.48 Å². The van der Waals surface area contributed by atoms with Crippen LogP contribution in [0.5, 0.6) is 0 Å². The summed E-state index contributed by atoms with van der Waals surface area (Å²) in [7, 11) is -1.92.